The Balaban J connectivity index is 1.63. The number of aromatic nitrogens is 1. The minimum absolute atomic E-state index is 0.0170. The average molecular weight is 318 g/mol. The zero-order valence-electron chi connectivity index (χ0n) is 12.9. The zero-order chi connectivity index (χ0) is 15.5. The van der Waals surface area contributed by atoms with E-state index in [9.17, 15) is 9.90 Å². The van der Waals surface area contributed by atoms with Gasteiger partial charge in [0, 0.05) is 19.4 Å². The summed E-state index contributed by atoms with van der Waals surface area (Å²) >= 11 is 1.66. The number of amides is 1. The summed E-state index contributed by atoms with van der Waals surface area (Å²) in [5.74, 6) is 0.143. The van der Waals surface area contributed by atoms with Gasteiger partial charge in [0.1, 0.15) is 0 Å². The van der Waals surface area contributed by atoms with Crippen LogP contribution in [-0.4, -0.2) is 39.6 Å². The summed E-state index contributed by atoms with van der Waals surface area (Å²) in [7, 11) is 0. The molecule has 0 aliphatic carbocycles. The third-order valence-corrected chi connectivity index (χ3v) is 5.41. The molecule has 2 heterocycles. The molecule has 1 fully saturated rings. The van der Waals surface area contributed by atoms with E-state index in [1.165, 1.54) is 4.70 Å². The number of para-hydroxylation sites is 1. The molecule has 0 saturated carbocycles. The molecular formula is C17H22N2O2S. The molecule has 1 saturated heterocycles. The van der Waals surface area contributed by atoms with Crippen LogP contribution in [0.25, 0.3) is 10.2 Å². The second-order valence-electron chi connectivity index (χ2n) is 5.97. The van der Waals surface area contributed by atoms with Crippen LogP contribution in [0.2, 0.25) is 0 Å². The van der Waals surface area contributed by atoms with Crippen LogP contribution >= 0.6 is 11.3 Å². The predicted molar refractivity (Wildman–Crippen MR) is 89.0 cm³/mol. The van der Waals surface area contributed by atoms with E-state index >= 15 is 0 Å². The van der Waals surface area contributed by atoms with Crippen molar-refractivity contribution < 1.29 is 9.90 Å². The molecule has 2 aromatic rings. The largest absolute Gasteiger partial charge is 0.391 e. The SMILES string of the molecule is C[C@@H](O)[C@H]1CCCCN1C(=O)CCc1nc2ccccc2s1. The molecule has 3 rings (SSSR count). The molecule has 2 atom stereocenters. The van der Waals surface area contributed by atoms with E-state index in [2.05, 4.69) is 11.1 Å². The normalized spacial score (nSPS) is 20.3. The van der Waals surface area contributed by atoms with E-state index in [1.807, 2.05) is 23.1 Å². The number of carbonyl (C=O) groups excluding carboxylic acids is 1. The van der Waals surface area contributed by atoms with Crippen molar-refractivity contribution in [2.24, 2.45) is 0 Å². The smallest absolute Gasteiger partial charge is 0.223 e. The molecule has 1 aliphatic heterocycles. The number of likely N-dealkylation sites (tertiary alicyclic amines) is 1. The Morgan fingerprint density at radius 1 is 1.45 bits per heavy atom. The van der Waals surface area contributed by atoms with Crippen molar-refractivity contribution in [2.75, 3.05) is 6.54 Å². The lowest BCUT2D eigenvalue weighted by Crippen LogP contribution is -2.48. The molecule has 0 spiro atoms. The lowest BCUT2D eigenvalue weighted by Gasteiger charge is -2.37. The fraction of sp³-hybridized carbons (Fsp3) is 0.529. The van der Waals surface area contributed by atoms with Crippen molar-refractivity contribution in [1.29, 1.82) is 0 Å². The first-order valence-electron chi connectivity index (χ1n) is 7.97. The van der Waals surface area contributed by atoms with Crippen molar-refractivity contribution in [3.05, 3.63) is 29.3 Å². The molecule has 1 aliphatic rings. The summed E-state index contributed by atoms with van der Waals surface area (Å²) in [4.78, 5) is 19.0. The van der Waals surface area contributed by atoms with Gasteiger partial charge >= 0.3 is 0 Å². The van der Waals surface area contributed by atoms with E-state index in [4.69, 9.17) is 0 Å². The van der Waals surface area contributed by atoms with Crippen LogP contribution in [0.5, 0.6) is 0 Å². The number of hydrogen-bond donors (Lipinski definition) is 1. The molecule has 1 N–H and O–H groups in total. The summed E-state index contributed by atoms with van der Waals surface area (Å²) in [6, 6.07) is 8.04. The number of aryl methyl sites for hydroxylation is 1. The van der Waals surface area contributed by atoms with Gasteiger partial charge in [0.2, 0.25) is 5.91 Å². The number of thiazole rings is 1. The molecule has 1 amide bonds. The van der Waals surface area contributed by atoms with Gasteiger partial charge in [-0.3, -0.25) is 4.79 Å². The maximum absolute atomic E-state index is 12.5. The van der Waals surface area contributed by atoms with Crippen LogP contribution in [0.15, 0.2) is 24.3 Å². The molecule has 22 heavy (non-hydrogen) atoms. The van der Waals surface area contributed by atoms with E-state index in [0.717, 1.165) is 36.3 Å². The number of aliphatic hydroxyl groups excluding tert-OH is 1. The van der Waals surface area contributed by atoms with E-state index in [1.54, 1.807) is 18.3 Å². The molecule has 1 aromatic heterocycles. The van der Waals surface area contributed by atoms with Crippen LogP contribution < -0.4 is 0 Å². The zero-order valence-corrected chi connectivity index (χ0v) is 13.7. The van der Waals surface area contributed by atoms with E-state index in [-0.39, 0.29) is 11.9 Å². The fourth-order valence-electron chi connectivity index (χ4n) is 3.15. The Labute approximate surface area is 134 Å². The van der Waals surface area contributed by atoms with Crippen molar-refractivity contribution >= 4 is 27.5 Å². The summed E-state index contributed by atoms with van der Waals surface area (Å²) in [6.45, 7) is 2.55. The molecular weight excluding hydrogens is 296 g/mol. The van der Waals surface area contributed by atoms with Crippen LogP contribution in [0.3, 0.4) is 0 Å². The number of benzene rings is 1. The monoisotopic (exact) mass is 318 g/mol. The van der Waals surface area contributed by atoms with Crippen LogP contribution in [0, 0.1) is 0 Å². The molecule has 118 valence electrons. The number of carbonyl (C=O) groups is 1. The summed E-state index contributed by atoms with van der Waals surface area (Å²) < 4.78 is 1.17. The first-order valence-corrected chi connectivity index (χ1v) is 8.79. The molecule has 0 radical (unpaired) electrons. The molecule has 0 bridgehead atoms. The molecule has 4 nitrogen and oxygen atoms in total. The minimum Gasteiger partial charge on any atom is -0.391 e. The standard InChI is InChI=1S/C17H22N2O2S/c1-12(20)14-7-4-5-11-19(14)17(21)10-9-16-18-13-6-2-3-8-15(13)22-16/h2-3,6,8,12,14,20H,4-5,7,9-11H2,1H3/t12-,14-/m1/s1. The highest BCUT2D eigenvalue weighted by Crippen LogP contribution is 2.24. The Morgan fingerprint density at radius 2 is 2.27 bits per heavy atom. The number of rotatable bonds is 4. The number of nitrogens with zero attached hydrogens (tertiary/aromatic N) is 2. The number of aliphatic hydroxyl groups is 1. The van der Waals surface area contributed by atoms with Gasteiger partial charge in [-0.15, -0.1) is 11.3 Å². The third-order valence-electron chi connectivity index (χ3n) is 4.32. The van der Waals surface area contributed by atoms with Crippen molar-refractivity contribution in [3.63, 3.8) is 0 Å². The Kier molecular flexibility index (Phi) is 4.74. The predicted octanol–water partition coefficient (Wildman–Crippen LogP) is 2.99. The highest BCUT2D eigenvalue weighted by molar-refractivity contribution is 7.18. The van der Waals surface area contributed by atoms with Gasteiger partial charge in [0.15, 0.2) is 0 Å². The van der Waals surface area contributed by atoms with Gasteiger partial charge < -0.3 is 10.0 Å². The lowest BCUT2D eigenvalue weighted by molar-refractivity contribution is -0.137. The molecule has 0 unspecified atom stereocenters. The highest BCUT2D eigenvalue weighted by Gasteiger charge is 2.29. The first kappa shape index (κ1) is 15.4. The number of piperidine rings is 1. The van der Waals surface area contributed by atoms with Crippen molar-refractivity contribution in [3.8, 4) is 0 Å². The number of hydrogen-bond acceptors (Lipinski definition) is 4. The van der Waals surface area contributed by atoms with E-state index < -0.39 is 6.10 Å². The Morgan fingerprint density at radius 3 is 3.05 bits per heavy atom. The highest BCUT2D eigenvalue weighted by atomic mass is 32.1. The average Bonchev–Trinajstić information content (AvgIpc) is 2.95. The lowest BCUT2D eigenvalue weighted by atomic mass is 9.97. The third kappa shape index (κ3) is 3.31. The van der Waals surface area contributed by atoms with Gasteiger partial charge in [-0.05, 0) is 38.3 Å². The van der Waals surface area contributed by atoms with Gasteiger partial charge in [-0.1, -0.05) is 12.1 Å². The van der Waals surface area contributed by atoms with Crippen LogP contribution in [0.4, 0.5) is 0 Å². The van der Waals surface area contributed by atoms with Crippen LogP contribution in [0.1, 0.15) is 37.6 Å². The van der Waals surface area contributed by atoms with Gasteiger partial charge in [0.25, 0.3) is 0 Å². The maximum Gasteiger partial charge on any atom is 0.223 e. The fourth-order valence-corrected chi connectivity index (χ4v) is 4.12. The summed E-state index contributed by atoms with van der Waals surface area (Å²) in [5.41, 5.74) is 1.01. The maximum atomic E-state index is 12.5. The minimum atomic E-state index is -0.452. The summed E-state index contributed by atoms with van der Waals surface area (Å²) in [6.07, 6.45) is 3.74. The van der Waals surface area contributed by atoms with Gasteiger partial charge in [-0.2, -0.15) is 0 Å². The van der Waals surface area contributed by atoms with Crippen molar-refractivity contribution in [1.82, 2.24) is 9.88 Å². The topological polar surface area (TPSA) is 53.4 Å². The number of fused-ring (bicyclic) bond motifs is 1. The first-order chi connectivity index (χ1) is 10.6. The Hall–Kier alpha value is -1.46. The second-order valence-corrected chi connectivity index (χ2v) is 7.08. The van der Waals surface area contributed by atoms with Crippen molar-refractivity contribution in [2.45, 2.75) is 51.2 Å². The van der Waals surface area contributed by atoms with Crippen LogP contribution in [-0.2, 0) is 11.2 Å². The quantitative estimate of drug-likeness (QED) is 0.943. The molecule has 5 heteroatoms. The Bertz CT molecular complexity index is 620. The van der Waals surface area contributed by atoms with Gasteiger partial charge in [-0.25, -0.2) is 4.98 Å². The summed E-state index contributed by atoms with van der Waals surface area (Å²) in [5, 5.41) is 10.9. The molecule has 1 aromatic carbocycles. The van der Waals surface area contributed by atoms with E-state index in [0.29, 0.717) is 12.8 Å². The second kappa shape index (κ2) is 6.75. The van der Waals surface area contributed by atoms with Gasteiger partial charge in [0.05, 0.1) is 27.4 Å².